The molecule has 0 aromatic heterocycles. The number of rotatable bonds is 0. The zero-order valence-corrected chi connectivity index (χ0v) is 17.6. The van der Waals surface area contributed by atoms with Gasteiger partial charge in [0.15, 0.2) is 0 Å². The highest BCUT2D eigenvalue weighted by molar-refractivity contribution is 8.45. The topological polar surface area (TPSA) is 0 Å². The van der Waals surface area contributed by atoms with E-state index in [0.29, 0.717) is 0 Å². The second kappa shape index (κ2) is 6.84. The molecule has 0 radical (unpaired) electrons. The second-order valence-corrected chi connectivity index (χ2v) is 15.5. The van der Waals surface area contributed by atoms with E-state index in [1.54, 1.807) is 0 Å². The van der Waals surface area contributed by atoms with Crippen molar-refractivity contribution in [1.29, 1.82) is 0 Å². The highest BCUT2D eigenvalue weighted by atomic mass is 35.5. The highest BCUT2D eigenvalue weighted by Gasteiger charge is 2.35. The minimum absolute atomic E-state index is 0.217. The van der Waals surface area contributed by atoms with E-state index in [9.17, 15) is 0 Å². The van der Waals surface area contributed by atoms with Crippen molar-refractivity contribution in [3.63, 3.8) is 0 Å². The van der Waals surface area contributed by atoms with Crippen LogP contribution in [0.25, 0.3) is 0 Å². The number of thioether (sulfide) groups is 8. The summed E-state index contributed by atoms with van der Waals surface area (Å²) in [5.41, 5.74) is 0. The Balaban J connectivity index is 1.51. The summed E-state index contributed by atoms with van der Waals surface area (Å²) in [7, 11) is 0. The predicted octanol–water partition coefficient (Wildman–Crippen LogP) is 7.42. The Morgan fingerprint density at radius 3 is 1.45 bits per heavy atom. The van der Waals surface area contributed by atoms with Crippen LogP contribution in [0.1, 0.15) is 0 Å². The van der Waals surface area contributed by atoms with E-state index in [2.05, 4.69) is 0 Å². The summed E-state index contributed by atoms with van der Waals surface area (Å²) >= 11 is 27.6. The third kappa shape index (κ3) is 3.35. The lowest BCUT2D eigenvalue weighted by Crippen LogP contribution is -1.99. The maximum atomic E-state index is 6.24. The molecule has 0 amide bonds. The van der Waals surface area contributed by atoms with Crippen LogP contribution in [0.15, 0.2) is 25.4 Å². The molecular formula is C10H6Cl2S8. The monoisotopic (exact) mass is 452 g/mol. The molecule has 0 bridgehead atoms. The van der Waals surface area contributed by atoms with Gasteiger partial charge in [0, 0.05) is 11.5 Å². The van der Waals surface area contributed by atoms with Crippen LogP contribution in [0.2, 0.25) is 0 Å². The molecule has 4 heterocycles. The number of hydrogen-bond donors (Lipinski definition) is 0. The quantitative estimate of drug-likeness (QED) is 0.343. The minimum atomic E-state index is 0.217. The van der Waals surface area contributed by atoms with Gasteiger partial charge in [0.25, 0.3) is 0 Å². The first-order valence-electron chi connectivity index (χ1n) is 5.50. The first-order chi connectivity index (χ1) is 9.69. The maximum absolute atomic E-state index is 6.24. The van der Waals surface area contributed by atoms with Gasteiger partial charge in [-0.1, -0.05) is 70.6 Å². The molecule has 4 rings (SSSR count). The van der Waals surface area contributed by atoms with Gasteiger partial charge >= 0.3 is 0 Å². The van der Waals surface area contributed by atoms with Crippen LogP contribution in [0, 0.1) is 0 Å². The van der Waals surface area contributed by atoms with Gasteiger partial charge in [-0.15, -0.1) is 46.7 Å². The van der Waals surface area contributed by atoms with Crippen molar-refractivity contribution in [2.24, 2.45) is 0 Å². The van der Waals surface area contributed by atoms with E-state index >= 15 is 0 Å². The van der Waals surface area contributed by atoms with Gasteiger partial charge in [0.2, 0.25) is 0 Å². The maximum Gasteiger partial charge on any atom is 0.0935 e. The van der Waals surface area contributed by atoms with Crippen molar-refractivity contribution in [3.8, 4) is 0 Å². The number of hydrogen-bond acceptors (Lipinski definition) is 8. The molecular weight excluding hydrogens is 448 g/mol. The Hall–Kier alpha value is 2.60. The third-order valence-corrected chi connectivity index (χ3v) is 15.6. The van der Waals surface area contributed by atoms with E-state index in [0.717, 1.165) is 11.5 Å². The van der Waals surface area contributed by atoms with Crippen LogP contribution < -0.4 is 0 Å². The fourth-order valence-electron chi connectivity index (χ4n) is 1.62. The molecule has 0 N–H and O–H groups in total. The average Bonchev–Trinajstić information content (AvgIpc) is 3.00. The molecule has 2 unspecified atom stereocenters. The summed E-state index contributed by atoms with van der Waals surface area (Å²) in [6.45, 7) is 0. The lowest BCUT2D eigenvalue weighted by molar-refractivity contribution is 1.43. The van der Waals surface area contributed by atoms with Gasteiger partial charge in [-0.25, -0.2) is 0 Å². The van der Waals surface area contributed by atoms with Gasteiger partial charge in [-0.05, 0) is 0 Å². The van der Waals surface area contributed by atoms with Gasteiger partial charge in [-0.3, -0.25) is 0 Å². The van der Waals surface area contributed by atoms with Crippen molar-refractivity contribution in [2.75, 3.05) is 11.5 Å². The SMILES string of the molecule is ClC1CSC2=C(S/C(=C3\SC4=C(S3)SC(Cl)CS4)S2)S1. The van der Waals surface area contributed by atoms with Crippen LogP contribution in [-0.2, 0) is 0 Å². The highest BCUT2D eigenvalue weighted by Crippen LogP contribution is 2.68. The first-order valence-corrected chi connectivity index (χ1v) is 13.4. The summed E-state index contributed by atoms with van der Waals surface area (Å²) < 4.78 is 8.98. The van der Waals surface area contributed by atoms with Gasteiger partial charge in [0.05, 0.1) is 34.8 Å². The van der Waals surface area contributed by atoms with E-state index in [4.69, 9.17) is 23.2 Å². The van der Waals surface area contributed by atoms with Crippen molar-refractivity contribution in [1.82, 2.24) is 0 Å². The summed E-state index contributed by atoms with van der Waals surface area (Å²) in [6, 6.07) is 0. The standard InChI is InChI=1S/C10H6Cl2S8/c11-3-1-13-5-7(15-3)19-9(17-5)10-18-6-8(20-10)16-4(12)2-14-6/h3-4H,1-2H2/b10-9+. The van der Waals surface area contributed by atoms with E-state index in [1.165, 1.54) is 25.4 Å². The number of halogens is 2. The summed E-state index contributed by atoms with van der Waals surface area (Å²) in [5, 5.41) is 0. The summed E-state index contributed by atoms with van der Waals surface area (Å²) in [5.74, 6) is 2.02. The number of alkyl halides is 2. The molecule has 0 aromatic carbocycles. The third-order valence-electron chi connectivity index (χ3n) is 2.40. The first kappa shape index (κ1) is 16.1. The molecule has 20 heavy (non-hydrogen) atoms. The molecule has 4 aliphatic rings. The molecule has 0 saturated heterocycles. The average molecular weight is 454 g/mol. The van der Waals surface area contributed by atoms with E-state index < -0.39 is 0 Å². The van der Waals surface area contributed by atoms with Crippen LogP contribution in [0.4, 0.5) is 0 Å². The Morgan fingerprint density at radius 1 is 0.600 bits per heavy atom. The molecule has 0 aromatic rings. The Labute approximate surface area is 162 Å². The van der Waals surface area contributed by atoms with Crippen LogP contribution in [0.5, 0.6) is 0 Å². The fraction of sp³-hybridized carbons (Fsp3) is 0.400. The summed E-state index contributed by atoms with van der Waals surface area (Å²) in [4.78, 5) is 0. The lowest BCUT2D eigenvalue weighted by atomic mass is 10.9. The Kier molecular flexibility index (Phi) is 5.50. The normalized spacial score (nSPS) is 37.5. The largest absolute Gasteiger partial charge is 0.115 e. The minimum Gasteiger partial charge on any atom is -0.115 e. The van der Waals surface area contributed by atoms with Gasteiger partial charge < -0.3 is 0 Å². The van der Waals surface area contributed by atoms with Crippen molar-refractivity contribution >= 4 is 117 Å². The molecule has 4 aliphatic heterocycles. The molecule has 0 aliphatic carbocycles. The van der Waals surface area contributed by atoms with Crippen LogP contribution in [-0.4, -0.2) is 20.9 Å². The van der Waals surface area contributed by atoms with E-state index in [1.807, 2.05) is 94.1 Å². The molecule has 0 nitrogen and oxygen atoms in total. The van der Waals surface area contributed by atoms with E-state index in [-0.39, 0.29) is 9.42 Å². The van der Waals surface area contributed by atoms with Crippen LogP contribution >= 0.6 is 117 Å². The Bertz CT molecular complexity index is 505. The second-order valence-electron chi connectivity index (χ2n) is 3.81. The Morgan fingerprint density at radius 2 is 1.00 bits per heavy atom. The predicted molar refractivity (Wildman–Crippen MR) is 111 cm³/mol. The molecule has 108 valence electrons. The summed E-state index contributed by atoms with van der Waals surface area (Å²) in [6.07, 6.45) is 0. The molecule has 0 saturated carbocycles. The van der Waals surface area contributed by atoms with Gasteiger partial charge in [-0.2, -0.15) is 0 Å². The van der Waals surface area contributed by atoms with Crippen molar-refractivity contribution < 1.29 is 0 Å². The van der Waals surface area contributed by atoms with Crippen molar-refractivity contribution in [3.05, 3.63) is 25.4 Å². The van der Waals surface area contributed by atoms with Crippen LogP contribution in [0.3, 0.4) is 0 Å². The molecule has 0 fully saturated rings. The zero-order valence-electron chi connectivity index (χ0n) is 9.59. The molecule has 0 spiro atoms. The fourth-order valence-corrected chi connectivity index (χ4v) is 14.8. The molecule has 2 atom stereocenters. The lowest BCUT2D eigenvalue weighted by Gasteiger charge is -2.14. The zero-order chi connectivity index (χ0) is 13.7. The van der Waals surface area contributed by atoms with Gasteiger partial charge in [0.1, 0.15) is 0 Å². The smallest absolute Gasteiger partial charge is 0.0935 e. The molecule has 10 heteroatoms. The van der Waals surface area contributed by atoms with Crippen molar-refractivity contribution in [2.45, 2.75) is 9.42 Å².